The molecule has 0 atom stereocenters. The smallest absolute Gasteiger partial charge is 0.190 e. The Hall–Kier alpha value is -0.860. The summed E-state index contributed by atoms with van der Waals surface area (Å²) in [5.41, 5.74) is -0.283. The Labute approximate surface area is 72.8 Å². The summed E-state index contributed by atoms with van der Waals surface area (Å²) in [5, 5.41) is 0. The molecule has 1 aliphatic rings. The molecule has 0 aliphatic carbocycles. The normalized spacial score (nSPS) is 17.1. The summed E-state index contributed by atoms with van der Waals surface area (Å²) in [4.78, 5) is 15.5. The van der Waals surface area contributed by atoms with Gasteiger partial charge in [-0.25, -0.2) is 0 Å². The molecule has 0 fully saturated rings. The van der Waals surface area contributed by atoms with Crippen molar-refractivity contribution in [1.82, 2.24) is 0 Å². The van der Waals surface area contributed by atoms with Crippen LogP contribution in [0.3, 0.4) is 0 Å². The van der Waals surface area contributed by atoms with Crippen molar-refractivity contribution in [2.75, 3.05) is 13.2 Å². The maximum atomic E-state index is 11.5. The van der Waals surface area contributed by atoms with E-state index >= 15 is 0 Å². The zero-order chi connectivity index (χ0) is 9.19. The molecule has 12 heavy (non-hydrogen) atoms. The van der Waals surface area contributed by atoms with Gasteiger partial charge in [-0.15, -0.1) is 0 Å². The highest BCUT2D eigenvalue weighted by molar-refractivity contribution is 6.00. The predicted octanol–water partition coefficient (Wildman–Crippen LogP) is 1.42. The van der Waals surface area contributed by atoms with E-state index in [4.69, 9.17) is 4.74 Å². The molecule has 0 saturated carbocycles. The van der Waals surface area contributed by atoms with Gasteiger partial charge in [-0.1, -0.05) is 20.8 Å². The van der Waals surface area contributed by atoms with E-state index in [1.165, 1.54) is 0 Å². The van der Waals surface area contributed by atoms with Crippen LogP contribution in [0.4, 0.5) is 0 Å². The molecule has 1 aliphatic heterocycles. The topological polar surface area (TPSA) is 38.7 Å². The number of carbonyl (C=O) groups excluding carboxylic acids is 1. The Morgan fingerprint density at radius 3 is 2.67 bits per heavy atom. The van der Waals surface area contributed by atoms with Crippen molar-refractivity contribution >= 4 is 11.7 Å². The summed E-state index contributed by atoms with van der Waals surface area (Å²) < 4.78 is 5.15. The van der Waals surface area contributed by atoms with Crippen molar-refractivity contribution in [1.29, 1.82) is 0 Å². The monoisotopic (exact) mass is 169 g/mol. The Balaban J connectivity index is 2.46. The highest BCUT2D eigenvalue weighted by Crippen LogP contribution is 2.17. The SMILES string of the molecule is CC(C)(C)C(=O)CC1=NCCO1. The first-order valence-electron chi connectivity index (χ1n) is 4.19. The zero-order valence-electron chi connectivity index (χ0n) is 7.89. The molecule has 0 unspecified atom stereocenters. The van der Waals surface area contributed by atoms with Crippen LogP contribution in [0, 0.1) is 5.41 Å². The van der Waals surface area contributed by atoms with E-state index in [1.807, 2.05) is 20.8 Å². The van der Waals surface area contributed by atoms with Gasteiger partial charge in [-0.05, 0) is 0 Å². The van der Waals surface area contributed by atoms with E-state index < -0.39 is 0 Å². The van der Waals surface area contributed by atoms with Crippen LogP contribution in [0.25, 0.3) is 0 Å². The highest BCUT2D eigenvalue weighted by Gasteiger charge is 2.24. The lowest BCUT2D eigenvalue weighted by molar-refractivity contribution is -0.125. The van der Waals surface area contributed by atoms with Crippen molar-refractivity contribution in [2.24, 2.45) is 10.4 Å². The molecule has 0 amide bonds. The Morgan fingerprint density at radius 2 is 2.25 bits per heavy atom. The average molecular weight is 169 g/mol. The van der Waals surface area contributed by atoms with E-state index in [1.54, 1.807) is 0 Å². The molecule has 0 aromatic rings. The molecule has 3 heteroatoms. The van der Waals surface area contributed by atoms with Crippen LogP contribution in [0.5, 0.6) is 0 Å². The van der Waals surface area contributed by atoms with E-state index in [0.29, 0.717) is 25.5 Å². The number of hydrogen-bond donors (Lipinski definition) is 0. The maximum Gasteiger partial charge on any atom is 0.190 e. The second kappa shape index (κ2) is 3.25. The summed E-state index contributed by atoms with van der Waals surface area (Å²) in [6, 6.07) is 0. The number of aliphatic imine (C=N–C) groups is 1. The van der Waals surface area contributed by atoms with E-state index in [-0.39, 0.29) is 11.2 Å². The summed E-state index contributed by atoms with van der Waals surface area (Å²) in [6.07, 6.45) is 0.351. The lowest BCUT2D eigenvalue weighted by Crippen LogP contribution is -2.23. The molecule has 0 radical (unpaired) electrons. The quantitative estimate of drug-likeness (QED) is 0.627. The fourth-order valence-electron chi connectivity index (χ4n) is 0.889. The Bertz CT molecular complexity index is 213. The molecular formula is C9H15NO2. The summed E-state index contributed by atoms with van der Waals surface area (Å²) >= 11 is 0. The minimum Gasteiger partial charge on any atom is -0.479 e. The minimum absolute atomic E-state index is 0.183. The second-order valence-electron chi connectivity index (χ2n) is 3.97. The second-order valence-corrected chi connectivity index (χ2v) is 3.97. The zero-order valence-corrected chi connectivity index (χ0v) is 7.89. The van der Waals surface area contributed by atoms with E-state index in [2.05, 4.69) is 4.99 Å². The molecular weight excluding hydrogens is 154 g/mol. The number of rotatable bonds is 2. The predicted molar refractivity (Wildman–Crippen MR) is 47.3 cm³/mol. The fourth-order valence-corrected chi connectivity index (χ4v) is 0.889. The van der Waals surface area contributed by atoms with Gasteiger partial charge in [-0.2, -0.15) is 0 Å². The maximum absolute atomic E-state index is 11.5. The first-order chi connectivity index (χ1) is 5.50. The first-order valence-corrected chi connectivity index (χ1v) is 4.19. The summed E-state index contributed by atoms with van der Waals surface area (Å²) in [6.45, 7) is 7.06. The van der Waals surface area contributed by atoms with E-state index in [0.717, 1.165) is 0 Å². The number of ketones is 1. The molecule has 0 bridgehead atoms. The van der Waals surface area contributed by atoms with Gasteiger partial charge >= 0.3 is 0 Å². The van der Waals surface area contributed by atoms with Crippen molar-refractivity contribution < 1.29 is 9.53 Å². The minimum atomic E-state index is -0.283. The molecule has 1 rings (SSSR count). The number of ether oxygens (including phenoxy) is 1. The lowest BCUT2D eigenvalue weighted by atomic mass is 9.89. The van der Waals surface area contributed by atoms with Gasteiger partial charge in [0.15, 0.2) is 5.90 Å². The summed E-state index contributed by atoms with van der Waals surface area (Å²) in [5.74, 6) is 0.790. The molecule has 0 aromatic heterocycles. The van der Waals surface area contributed by atoms with Crippen molar-refractivity contribution in [3.05, 3.63) is 0 Å². The van der Waals surface area contributed by atoms with Gasteiger partial charge in [-0.3, -0.25) is 9.79 Å². The Kier molecular flexibility index (Phi) is 2.50. The number of Topliss-reactive ketones (excluding diaryl/α,β-unsaturated/α-hetero) is 1. The van der Waals surface area contributed by atoms with Crippen LogP contribution < -0.4 is 0 Å². The molecule has 68 valence electrons. The standard InChI is InChI=1S/C9H15NO2/c1-9(2,3)7(11)6-8-10-4-5-12-8/h4-6H2,1-3H3. The molecule has 0 spiro atoms. The molecule has 0 N–H and O–H groups in total. The molecule has 0 aromatic carbocycles. The van der Waals surface area contributed by atoms with Gasteiger partial charge in [0.1, 0.15) is 12.4 Å². The molecule has 0 saturated heterocycles. The van der Waals surface area contributed by atoms with Crippen molar-refractivity contribution in [3.63, 3.8) is 0 Å². The van der Waals surface area contributed by atoms with E-state index in [9.17, 15) is 4.79 Å². The first kappa shape index (κ1) is 9.23. The number of nitrogens with zero attached hydrogens (tertiary/aromatic N) is 1. The lowest BCUT2D eigenvalue weighted by Gasteiger charge is -2.15. The largest absolute Gasteiger partial charge is 0.479 e. The number of carbonyl (C=O) groups is 1. The van der Waals surface area contributed by atoms with Crippen molar-refractivity contribution in [2.45, 2.75) is 27.2 Å². The summed E-state index contributed by atoms with van der Waals surface area (Å²) in [7, 11) is 0. The van der Waals surface area contributed by atoms with Gasteiger partial charge in [0.2, 0.25) is 0 Å². The third kappa shape index (κ3) is 2.32. The van der Waals surface area contributed by atoms with Crippen molar-refractivity contribution in [3.8, 4) is 0 Å². The van der Waals surface area contributed by atoms with Crippen LogP contribution in [-0.2, 0) is 9.53 Å². The fraction of sp³-hybridized carbons (Fsp3) is 0.778. The highest BCUT2D eigenvalue weighted by atomic mass is 16.5. The third-order valence-electron chi connectivity index (χ3n) is 1.80. The Morgan fingerprint density at radius 1 is 1.58 bits per heavy atom. The van der Waals surface area contributed by atoms with Gasteiger partial charge in [0, 0.05) is 5.41 Å². The van der Waals surface area contributed by atoms with Crippen LogP contribution in [-0.4, -0.2) is 24.8 Å². The van der Waals surface area contributed by atoms with Crippen LogP contribution in [0.1, 0.15) is 27.2 Å². The average Bonchev–Trinajstić information content (AvgIpc) is 2.37. The van der Waals surface area contributed by atoms with Gasteiger partial charge in [0.05, 0.1) is 13.0 Å². The van der Waals surface area contributed by atoms with Crippen LogP contribution in [0.2, 0.25) is 0 Å². The molecule has 1 heterocycles. The number of hydrogen-bond acceptors (Lipinski definition) is 3. The van der Waals surface area contributed by atoms with Gasteiger partial charge < -0.3 is 4.74 Å². The molecule has 3 nitrogen and oxygen atoms in total. The van der Waals surface area contributed by atoms with Gasteiger partial charge in [0.25, 0.3) is 0 Å². The van der Waals surface area contributed by atoms with Crippen LogP contribution in [0.15, 0.2) is 4.99 Å². The third-order valence-corrected chi connectivity index (χ3v) is 1.80. The van der Waals surface area contributed by atoms with Crippen LogP contribution >= 0.6 is 0 Å².